The largest absolute Gasteiger partial charge is 0.398 e. The molecule has 0 atom stereocenters. The number of carbonyl (C=O) groups excluding carboxylic acids is 1. The van der Waals surface area contributed by atoms with Crippen LogP contribution in [0.5, 0.6) is 0 Å². The fourth-order valence-corrected chi connectivity index (χ4v) is 2.79. The minimum atomic E-state index is -1.05. The number of anilines is 1. The molecule has 1 aliphatic carbocycles. The van der Waals surface area contributed by atoms with Crippen LogP contribution >= 0.6 is 0 Å². The molecule has 2 N–H and O–H groups in total. The minimum absolute atomic E-state index is 0.0237. The summed E-state index contributed by atoms with van der Waals surface area (Å²) < 4.78 is 26.3. The first-order valence-corrected chi connectivity index (χ1v) is 6.99. The molecule has 0 aliphatic heterocycles. The summed E-state index contributed by atoms with van der Waals surface area (Å²) in [4.78, 5) is 13.8. The van der Waals surface area contributed by atoms with E-state index in [2.05, 4.69) is 0 Å². The Balaban J connectivity index is 2.08. The highest BCUT2D eigenvalue weighted by Crippen LogP contribution is 2.25. The summed E-state index contributed by atoms with van der Waals surface area (Å²) in [7, 11) is 1.68. The van der Waals surface area contributed by atoms with Crippen LogP contribution in [0.4, 0.5) is 14.5 Å². The molecule has 1 aliphatic rings. The number of nitrogens with two attached hydrogens (primary N) is 1. The molecule has 1 aromatic rings. The highest BCUT2D eigenvalue weighted by atomic mass is 19.2. The summed E-state index contributed by atoms with van der Waals surface area (Å²) >= 11 is 0. The molecule has 0 radical (unpaired) electrons. The van der Waals surface area contributed by atoms with Gasteiger partial charge in [0.05, 0.1) is 5.56 Å². The van der Waals surface area contributed by atoms with Crippen molar-refractivity contribution in [1.29, 1.82) is 0 Å². The predicted octanol–water partition coefficient (Wildman–Crippen LogP) is 3.20. The van der Waals surface area contributed by atoms with E-state index in [-0.39, 0.29) is 17.2 Å². The number of hydrogen-bond donors (Lipinski definition) is 1. The lowest BCUT2D eigenvalue weighted by molar-refractivity contribution is 0.0761. The van der Waals surface area contributed by atoms with E-state index in [0.717, 1.165) is 25.0 Å². The standard InChI is InChI=1S/C15H20F2N2O/c1-19(9-10-5-3-2-4-6-10)15(20)11-7-12(16)13(17)8-14(11)18/h7-8,10H,2-6,9,18H2,1H3. The molecule has 20 heavy (non-hydrogen) atoms. The molecule has 0 spiro atoms. The first-order valence-electron chi connectivity index (χ1n) is 6.99. The van der Waals surface area contributed by atoms with E-state index in [4.69, 9.17) is 5.73 Å². The summed E-state index contributed by atoms with van der Waals surface area (Å²) in [5, 5.41) is 0. The topological polar surface area (TPSA) is 46.3 Å². The van der Waals surface area contributed by atoms with Gasteiger partial charge in [0.15, 0.2) is 11.6 Å². The third-order valence-electron chi connectivity index (χ3n) is 3.93. The average Bonchev–Trinajstić information content (AvgIpc) is 2.43. The van der Waals surface area contributed by atoms with Crippen molar-refractivity contribution in [2.45, 2.75) is 32.1 Å². The first kappa shape index (κ1) is 14.8. The number of carbonyl (C=O) groups is 1. The SMILES string of the molecule is CN(CC1CCCCC1)C(=O)c1cc(F)c(F)cc1N. The van der Waals surface area contributed by atoms with Crippen molar-refractivity contribution >= 4 is 11.6 Å². The normalized spacial score (nSPS) is 16.1. The molecular formula is C15H20F2N2O. The van der Waals surface area contributed by atoms with Crippen LogP contribution in [0.1, 0.15) is 42.5 Å². The second kappa shape index (κ2) is 6.20. The molecular weight excluding hydrogens is 262 g/mol. The zero-order valence-corrected chi connectivity index (χ0v) is 11.7. The van der Waals surface area contributed by atoms with Gasteiger partial charge in [-0.1, -0.05) is 19.3 Å². The molecule has 0 saturated heterocycles. The Bertz CT molecular complexity index is 499. The van der Waals surface area contributed by atoms with E-state index in [1.54, 1.807) is 11.9 Å². The van der Waals surface area contributed by atoms with Gasteiger partial charge in [-0.15, -0.1) is 0 Å². The Morgan fingerprint density at radius 1 is 1.25 bits per heavy atom. The number of amides is 1. The number of nitrogens with zero attached hydrogens (tertiary/aromatic N) is 1. The minimum Gasteiger partial charge on any atom is -0.398 e. The Morgan fingerprint density at radius 2 is 1.85 bits per heavy atom. The van der Waals surface area contributed by atoms with Crippen molar-refractivity contribution < 1.29 is 13.6 Å². The van der Waals surface area contributed by atoms with Gasteiger partial charge in [-0.3, -0.25) is 4.79 Å². The molecule has 1 amide bonds. The third kappa shape index (κ3) is 3.26. The van der Waals surface area contributed by atoms with E-state index < -0.39 is 11.6 Å². The zero-order chi connectivity index (χ0) is 14.7. The number of nitrogen functional groups attached to an aromatic ring is 1. The number of benzene rings is 1. The van der Waals surface area contributed by atoms with Crippen LogP contribution in [-0.4, -0.2) is 24.4 Å². The van der Waals surface area contributed by atoms with Crippen LogP contribution in [0.15, 0.2) is 12.1 Å². The van der Waals surface area contributed by atoms with Crippen molar-refractivity contribution in [3.63, 3.8) is 0 Å². The lowest BCUT2D eigenvalue weighted by atomic mass is 9.89. The Morgan fingerprint density at radius 3 is 2.50 bits per heavy atom. The van der Waals surface area contributed by atoms with Gasteiger partial charge in [0, 0.05) is 25.3 Å². The van der Waals surface area contributed by atoms with Crippen LogP contribution in [0.2, 0.25) is 0 Å². The van der Waals surface area contributed by atoms with Crippen molar-refractivity contribution in [3.8, 4) is 0 Å². The van der Waals surface area contributed by atoms with Gasteiger partial charge >= 0.3 is 0 Å². The van der Waals surface area contributed by atoms with Gasteiger partial charge in [0.25, 0.3) is 5.91 Å². The van der Waals surface area contributed by atoms with E-state index in [9.17, 15) is 13.6 Å². The van der Waals surface area contributed by atoms with Gasteiger partial charge in [0.1, 0.15) is 0 Å². The summed E-state index contributed by atoms with van der Waals surface area (Å²) in [6, 6.07) is 1.74. The highest BCUT2D eigenvalue weighted by molar-refractivity contribution is 5.99. The lowest BCUT2D eigenvalue weighted by Crippen LogP contribution is -2.33. The monoisotopic (exact) mass is 282 g/mol. The van der Waals surface area contributed by atoms with E-state index in [1.807, 2.05) is 0 Å². The summed E-state index contributed by atoms with van der Waals surface area (Å²) in [5.41, 5.74) is 5.61. The van der Waals surface area contributed by atoms with Crippen LogP contribution in [0.25, 0.3) is 0 Å². The van der Waals surface area contributed by atoms with E-state index in [0.29, 0.717) is 12.5 Å². The molecule has 0 aromatic heterocycles. The Kier molecular flexibility index (Phi) is 4.57. The van der Waals surface area contributed by atoms with E-state index >= 15 is 0 Å². The van der Waals surface area contributed by atoms with Crippen molar-refractivity contribution in [2.75, 3.05) is 19.3 Å². The first-order chi connectivity index (χ1) is 9.49. The zero-order valence-electron chi connectivity index (χ0n) is 11.7. The van der Waals surface area contributed by atoms with Crippen molar-refractivity contribution in [3.05, 3.63) is 29.3 Å². The summed E-state index contributed by atoms with van der Waals surface area (Å²) in [6.07, 6.45) is 5.88. The maximum atomic E-state index is 13.2. The third-order valence-corrected chi connectivity index (χ3v) is 3.93. The van der Waals surface area contributed by atoms with Gasteiger partial charge < -0.3 is 10.6 Å². The van der Waals surface area contributed by atoms with Crippen LogP contribution in [-0.2, 0) is 0 Å². The van der Waals surface area contributed by atoms with E-state index in [1.165, 1.54) is 19.3 Å². The van der Waals surface area contributed by atoms with Crippen LogP contribution < -0.4 is 5.73 Å². The average molecular weight is 282 g/mol. The lowest BCUT2D eigenvalue weighted by Gasteiger charge is -2.27. The predicted molar refractivity (Wildman–Crippen MR) is 74.3 cm³/mol. The van der Waals surface area contributed by atoms with Gasteiger partial charge in [-0.25, -0.2) is 8.78 Å². The fraction of sp³-hybridized carbons (Fsp3) is 0.533. The van der Waals surface area contributed by atoms with Gasteiger partial charge in [-0.2, -0.15) is 0 Å². The van der Waals surface area contributed by atoms with Crippen molar-refractivity contribution in [2.24, 2.45) is 5.92 Å². The Hall–Kier alpha value is -1.65. The van der Waals surface area contributed by atoms with Crippen molar-refractivity contribution in [1.82, 2.24) is 4.90 Å². The summed E-state index contributed by atoms with van der Waals surface area (Å²) in [5.74, 6) is -1.95. The quantitative estimate of drug-likeness (QED) is 0.865. The molecule has 2 rings (SSSR count). The maximum Gasteiger partial charge on any atom is 0.255 e. The number of hydrogen-bond acceptors (Lipinski definition) is 2. The number of halogens is 2. The highest BCUT2D eigenvalue weighted by Gasteiger charge is 2.21. The molecule has 0 bridgehead atoms. The summed E-state index contributed by atoms with van der Waals surface area (Å²) in [6.45, 7) is 0.636. The Labute approximate surface area is 117 Å². The van der Waals surface area contributed by atoms with Gasteiger partial charge in [0.2, 0.25) is 0 Å². The molecule has 0 unspecified atom stereocenters. The second-order valence-corrected chi connectivity index (χ2v) is 5.54. The molecule has 1 aromatic carbocycles. The molecule has 1 fully saturated rings. The van der Waals surface area contributed by atoms with Crippen LogP contribution in [0, 0.1) is 17.6 Å². The number of rotatable bonds is 3. The molecule has 3 nitrogen and oxygen atoms in total. The molecule has 0 heterocycles. The smallest absolute Gasteiger partial charge is 0.255 e. The second-order valence-electron chi connectivity index (χ2n) is 5.54. The maximum absolute atomic E-state index is 13.2. The molecule has 5 heteroatoms. The molecule has 110 valence electrons. The van der Waals surface area contributed by atoms with Gasteiger partial charge in [-0.05, 0) is 24.8 Å². The molecule has 1 saturated carbocycles. The van der Waals surface area contributed by atoms with Crippen LogP contribution in [0.3, 0.4) is 0 Å². The fourth-order valence-electron chi connectivity index (χ4n) is 2.79.